The molecule has 1 aromatic heterocycles. The lowest BCUT2D eigenvalue weighted by Gasteiger charge is -2.21. The predicted molar refractivity (Wildman–Crippen MR) is 93.7 cm³/mol. The van der Waals surface area contributed by atoms with E-state index in [9.17, 15) is 5.11 Å². The number of benzene rings is 1. The molecule has 1 aromatic carbocycles. The lowest BCUT2D eigenvalue weighted by atomic mass is 9.96. The summed E-state index contributed by atoms with van der Waals surface area (Å²) in [5.41, 5.74) is 1.49. The van der Waals surface area contributed by atoms with Gasteiger partial charge in [0.25, 0.3) is 0 Å². The molecule has 0 aliphatic rings. The summed E-state index contributed by atoms with van der Waals surface area (Å²) in [6, 6.07) is 5.60. The summed E-state index contributed by atoms with van der Waals surface area (Å²) in [4.78, 5) is 6.69. The molecule has 1 N–H and O–H groups in total. The van der Waals surface area contributed by atoms with Crippen LogP contribution in [0.4, 0.5) is 0 Å². The molecule has 0 fully saturated rings. The molecule has 0 saturated carbocycles. The molecule has 3 nitrogen and oxygen atoms in total. The topological polar surface area (TPSA) is 36.4 Å². The molecule has 22 heavy (non-hydrogen) atoms. The van der Waals surface area contributed by atoms with Gasteiger partial charge in [-0.15, -0.1) is 0 Å². The van der Waals surface area contributed by atoms with Gasteiger partial charge < -0.3 is 10.0 Å². The van der Waals surface area contributed by atoms with Gasteiger partial charge in [-0.3, -0.25) is 4.98 Å². The van der Waals surface area contributed by atoms with Crippen molar-refractivity contribution in [3.8, 4) is 5.75 Å². The Morgan fingerprint density at radius 2 is 2.05 bits per heavy atom. The minimum atomic E-state index is 0.273. The molecule has 1 heterocycles. The fourth-order valence-corrected chi connectivity index (χ4v) is 3.10. The number of phenols is 1. The molecule has 0 aliphatic heterocycles. The van der Waals surface area contributed by atoms with Gasteiger partial charge >= 0.3 is 0 Å². The third-order valence-corrected chi connectivity index (χ3v) is 4.61. The van der Waals surface area contributed by atoms with E-state index in [4.69, 9.17) is 11.6 Å². The third kappa shape index (κ3) is 3.90. The lowest BCUT2D eigenvalue weighted by molar-refractivity contribution is 0.279. The number of nitrogens with zero attached hydrogens (tertiary/aromatic N) is 2. The van der Waals surface area contributed by atoms with Crippen molar-refractivity contribution in [3.63, 3.8) is 0 Å². The first-order valence-electron chi connectivity index (χ1n) is 8.04. The maximum Gasteiger partial charge on any atom is 0.145 e. The molecule has 0 bridgehead atoms. The van der Waals surface area contributed by atoms with Gasteiger partial charge in [-0.1, -0.05) is 32.4 Å². The van der Waals surface area contributed by atoms with E-state index in [0.717, 1.165) is 43.4 Å². The van der Waals surface area contributed by atoms with Crippen molar-refractivity contribution in [2.24, 2.45) is 5.92 Å². The highest BCUT2D eigenvalue weighted by molar-refractivity contribution is 6.35. The lowest BCUT2D eigenvalue weighted by Crippen LogP contribution is -2.25. The van der Waals surface area contributed by atoms with E-state index in [1.165, 1.54) is 0 Å². The fourth-order valence-electron chi connectivity index (χ4n) is 2.81. The van der Waals surface area contributed by atoms with Crippen molar-refractivity contribution in [3.05, 3.63) is 35.0 Å². The first-order chi connectivity index (χ1) is 10.6. The van der Waals surface area contributed by atoms with Crippen molar-refractivity contribution in [2.45, 2.75) is 33.6 Å². The summed E-state index contributed by atoms with van der Waals surface area (Å²) in [5.74, 6) is 0.762. The standard InChI is InChI=1S/C18H25ClN2O/c1-4-21(5-2)10-8-13(3)11-14-12-16(19)15-7-6-9-20-17(15)18(14)22/h6-7,9,12-13,22H,4-5,8,10-11H2,1-3H3. The summed E-state index contributed by atoms with van der Waals surface area (Å²) in [6.07, 6.45) is 3.62. The normalized spacial score (nSPS) is 13.0. The van der Waals surface area contributed by atoms with Crippen LogP contribution >= 0.6 is 11.6 Å². The first kappa shape index (κ1) is 17.0. The summed E-state index contributed by atoms with van der Waals surface area (Å²) in [7, 11) is 0. The Morgan fingerprint density at radius 1 is 1.32 bits per heavy atom. The van der Waals surface area contributed by atoms with E-state index >= 15 is 0 Å². The Bertz CT molecular complexity index is 626. The predicted octanol–water partition coefficient (Wildman–Crippen LogP) is 4.50. The van der Waals surface area contributed by atoms with Crippen LogP contribution < -0.4 is 0 Å². The number of pyridine rings is 1. The summed E-state index contributed by atoms with van der Waals surface area (Å²) in [5, 5.41) is 11.9. The van der Waals surface area contributed by atoms with Crippen LogP contribution in [0.25, 0.3) is 10.9 Å². The molecular formula is C18H25ClN2O. The van der Waals surface area contributed by atoms with E-state index < -0.39 is 0 Å². The van der Waals surface area contributed by atoms with Gasteiger partial charge in [0.15, 0.2) is 0 Å². The van der Waals surface area contributed by atoms with E-state index in [1.54, 1.807) is 6.20 Å². The van der Waals surface area contributed by atoms with Crippen LogP contribution in [-0.4, -0.2) is 34.6 Å². The van der Waals surface area contributed by atoms with Crippen LogP contribution in [0.1, 0.15) is 32.8 Å². The number of rotatable bonds is 7. The summed E-state index contributed by atoms with van der Waals surface area (Å²) >= 11 is 6.33. The van der Waals surface area contributed by atoms with Gasteiger partial charge in [-0.25, -0.2) is 0 Å². The maximum atomic E-state index is 10.5. The number of aromatic nitrogens is 1. The molecule has 1 atom stereocenters. The van der Waals surface area contributed by atoms with E-state index in [1.807, 2.05) is 18.2 Å². The van der Waals surface area contributed by atoms with Crippen molar-refractivity contribution in [2.75, 3.05) is 19.6 Å². The number of phenolic OH excluding ortho intramolecular Hbond substituents is 1. The number of hydrogen-bond acceptors (Lipinski definition) is 3. The molecule has 1 unspecified atom stereocenters. The molecular weight excluding hydrogens is 296 g/mol. The third-order valence-electron chi connectivity index (χ3n) is 4.30. The number of fused-ring (bicyclic) bond motifs is 1. The Labute approximate surface area is 137 Å². The average molecular weight is 321 g/mol. The number of hydrogen-bond donors (Lipinski definition) is 1. The summed E-state index contributed by atoms with van der Waals surface area (Å²) < 4.78 is 0. The molecule has 0 saturated heterocycles. The van der Waals surface area contributed by atoms with Gasteiger partial charge in [0.1, 0.15) is 11.3 Å². The zero-order valence-corrected chi connectivity index (χ0v) is 14.4. The largest absolute Gasteiger partial charge is 0.505 e. The van der Waals surface area contributed by atoms with Crippen molar-refractivity contribution < 1.29 is 5.11 Å². The van der Waals surface area contributed by atoms with Crippen LogP contribution in [0.2, 0.25) is 5.02 Å². The first-order valence-corrected chi connectivity index (χ1v) is 8.42. The molecule has 0 radical (unpaired) electrons. The molecule has 4 heteroatoms. The van der Waals surface area contributed by atoms with Gasteiger partial charge in [0, 0.05) is 11.6 Å². The van der Waals surface area contributed by atoms with Crippen LogP contribution in [-0.2, 0) is 6.42 Å². The summed E-state index contributed by atoms with van der Waals surface area (Å²) in [6.45, 7) is 9.86. The fraction of sp³-hybridized carbons (Fsp3) is 0.500. The van der Waals surface area contributed by atoms with Crippen molar-refractivity contribution in [1.82, 2.24) is 9.88 Å². The van der Waals surface area contributed by atoms with Crippen molar-refractivity contribution >= 4 is 22.5 Å². The van der Waals surface area contributed by atoms with Gasteiger partial charge in [-0.05, 0) is 62.2 Å². The second kappa shape index (κ2) is 7.80. The molecule has 0 amide bonds. The minimum absolute atomic E-state index is 0.273. The van der Waals surface area contributed by atoms with E-state index in [-0.39, 0.29) is 5.75 Å². The highest BCUT2D eigenvalue weighted by Crippen LogP contribution is 2.34. The van der Waals surface area contributed by atoms with Crippen LogP contribution in [0.5, 0.6) is 5.75 Å². The Kier molecular flexibility index (Phi) is 6.04. The second-order valence-corrected chi connectivity index (χ2v) is 6.30. The van der Waals surface area contributed by atoms with Crippen molar-refractivity contribution in [1.29, 1.82) is 0 Å². The van der Waals surface area contributed by atoms with Crippen LogP contribution in [0.15, 0.2) is 24.4 Å². The van der Waals surface area contributed by atoms with Crippen LogP contribution in [0.3, 0.4) is 0 Å². The maximum absolute atomic E-state index is 10.5. The van der Waals surface area contributed by atoms with Gasteiger partial charge in [0.2, 0.25) is 0 Å². The Morgan fingerprint density at radius 3 is 2.73 bits per heavy atom. The van der Waals surface area contributed by atoms with E-state index in [2.05, 4.69) is 30.7 Å². The zero-order chi connectivity index (χ0) is 16.1. The minimum Gasteiger partial charge on any atom is -0.505 e. The SMILES string of the molecule is CCN(CC)CCC(C)Cc1cc(Cl)c2cccnc2c1O. The second-order valence-electron chi connectivity index (χ2n) is 5.89. The van der Waals surface area contributed by atoms with Crippen LogP contribution in [0, 0.1) is 5.92 Å². The quantitative estimate of drug-likeness (QED) is 0.815. The highest BCUT2D eigenvalue weighted by atomic mass is 35.5. The van der Waals surface area contributed by atoms with Gasteiger partial charge in [-0.2, -0.15) is 0 Å². The zero-order valence-electron chi connectivity index (χ0n) is 13.6. The number of halogens is 1. The average Bonchev–Trinajstić information content (AvgIpc) is 2.53. The number of aromatic hydroxyl groups is 1. The molecule has 2 rings (SSSR count). The molecule has 0 aliphatic carbocycles. The van der Waals surface area contributed by atoms with Gasteiger partial charge in [0.05, 0.1) is 5.02 Å². The Balaban J connectivity index is 2.12. The smallest absolute Gasteiger partial charge is 0.145 e. The molecule has 0 spiro atoms. The molecule has 120 valence electrons. The monoisotopic (exact) mass is 320 g/mol. The van der Waals surface area contributed by atoms with E-state index in [0.29, 0.717) is 16.5 Å². The Hall–Kier alpha value is -1.32. The highest BCUT2D eigenvalue weighted by Gasteiger charge is 2.14. The molecule has 2 aromatic rings.